The van der Waals surface area contributed by atoms with Crippen molar-refractivity contribution in [2.24, 2.45) is 7.05 Å². The zero-order valence-electron chi connectivity index (χ0n) is 20.2. The number of para-hydroxylation sites is 2. The molecule has 0 spiro atoms. The molecule has 2 amide bonds. The molecule has 2 aromatic carbocycles. The van der Waals surface area contributed by atoms with Crippen LogP contribution in [0.15, 0.2) is 60.8 Å². The normalized spacial score (nSPS) is 12.3. The minimum Gasteiger partial charge on any atom is -0.444 e. The van der Waals surface area contributed by atoms with E-state index in [-0.39, 0.29) is 18.9 Å². The summed E-state index contributed by atoms with van der Waals surface area (Å²) < 4.78 is 8.96. The van der Waals surface area contributed by atoms with Crippen molar-refractivity contribution in [2.45, 2.75) is 45.4 Å². The van der Waals surface area contributed by atoms with Crippen LogP contribution >= 0.6 is 0 Å². The Kier molecular flexibility index (Phi) is 6.81. The lowest BCUT2D eigenvalue weighted by Gasteiger charge is -2.23. The summed E-state index contributed by atoms with van der Waals surface area (Å²) in [5.74, 6) is 0.0946. The van der Waals surface area contributed by atoms with Crippen LogP contribution < -0.4 is 10.6 Å². The number of nitrogens with one attached hydrogen (secondary N) is 2. The zero-order chi connectivity index (χ0) is 25.0. The summed E-state index contributed by atoms with van der Waals surface area (Å²) in [6.45, 7) is 5.41. The fourth-order valence-electron chi connectivity index (χ4n) is 3.84. The number of fused-ring (bicyclic) bond motifs is 1. The number of rotatable bonds is 7. The highest BCUT2D eigenvalue weighted by molar-refractivity contribution is 5.88. The number of ether oxygens (including phenoxy) is 1. The minimum absolute atomic E-state index is 0.0861. The third-order valence-corrected chi connectivity index (χ3v) is 5.37. The SMILES string of the molecule is Cn1cc(C[C@@H](NC(=O)OC(C)(C)C)C(=O)NCc2nnnn2-c2ccccc2)c2ccccc21. The van der Waals surface area contributed by atoms with Gasteiger partial charge in [0.2, 0.25) is 5.91 Å². The summed E-state index contributed by atoms with van der Waals surface area (Å²) in [6.07, 6.45) is 1.60. The predicted molar refractivity (Wildman–Crippen MR) is 131 cm³/mol. The van der Waals surface area contributed by atoms with Gasteiger partial charge in [-0.05, 0) is 55.0 Å². The second-order valence-electron chi connectivity index (χ2n) is 9.25. The third kappa shape index (κ3) is 5.84. The van der Waals surface area contributed by atoms with Crippen LogP contribution in [0.4, 0.5) is 4.79 Å². The summed E-state index contributed by atoms with van der Waals surface area (Å²) in [7, 11) is 1.95. The maximum atomic E-state index is 13.3. The van der Waals surface area contributed by atoms with Crippen molar-refractivity contribution in [2.75, 3.05) is 0 Å². The summed E-state index contributed by atoms with van der Waals surface area (Å²) >= 11 is 0. The summed E-state index contributed by atoms with van der Waals surface area (Å²) in [5, 5.41) is 18.4. The molecule has 35 heavy (non-hydrogen) atoms. The first kappa shape index (κ1) is 23.9. The number of carbonyl (C=O) groups excluding carboxylic acids is 2. The molecule has 10 heteroatoms. The van der Waals surface area contributed by atoms with Crippen LogP contribution in [0.1, 0.15) is 32.2 Å². The average Bonchev–Trinajstić information content (AvgIpc) is 3.41. The number of tetrazole rings is 1. The number of amides is 2. The molecular formula is C25H29N7O3. The van der Waals surface area contributed by atoms with Crippen LogP contribution in [0.2, 0.25) is 0 Å². The van der Waals surface area contributed by atoms with Gasteiger partial charge in [0.05, 0.1) is 12.2 Å². The van der Waals surface area contributed by atoms with Crippen molar-refractivity contribution in [3.05, 3.63) is 72.2 Å². The molecule has 0 saturated carbocycles. The molecule has 2 heterocycles. The molecule has 2 aromatic heterocycles. The fraction of sp³-hybridized carbons (Fsp3) is 0.320. The van der Waals surface area contributed by atoms with Gasteiger partial charge in [0.1, 0.15) is 11.6 Å². The van der Waals surface area contributed by atoms with E-state index in [4.69, 9.17) is 4.74 Å². The molecule has 4 aromatic rings. The molecule has 4 rings (SSSR count). The van der Waals surface area contributed by atoms with Crippen LogP contribution in [0.25, 0.3) is 16.6 Å². The molecule has 0 aliphatic heterocycles. The number of carbonyl (C=O) groups is 2. The second kappa shape index (κ2) is 9.96. The monoisotopic (exact) mass is 475 g/mol. The number of nitrogens with zero attached hydrogens (tertiary/aromatic N) is 5. The third-order valence-electron chi connectivity index (χ3n) is 5.37. The van der Waals surface area contributed by atoms with Crippen molar-refractivity contribution < 1.29 is 14.3 Å². The van der Waals surface area contributed by atoms with Crippen LogP contribution in [0.5, 0.6) is 0 Å². The van der Waals surface area contributed by atoms with Gasteiger partial charge in [-0.3, -0.25) is 4.79 Å². The van der Waals surface area contributed by atoms with Gasteiger partial charge in [-0.15, -0.1) is 5.10 Å². The largest absolute Gasteiger partial charge is 0.444 e. The maximum Gasteiger partial charge on any atom is 0.408 e. The van der Waals surface area contributed by atoms with E-state index in [1.807, 2.05) is 72.4 Å². The van der Waals surface area contributed by atoms with E-state index >= 15 is 0 Å². The van der Waals surface area contributed by atoms with E-state index < -0.39 is 17.7 Å². The molecule has 0 unspecified atom stereocenters. The standard InChI is InChI=1S/C25H29N7O3/c1-25(2,3)35-24(34)27-20(14-17-16-31(4)21-13-9-8-12-19(17)21)23(33)26-15-22-28-29-30-32(22)18-10-6-5-7-11-18/h5-13,16,20H,14-15H2,1-4H3,(H,26,33)(H,27,34)/t20-/m1/s1. The average molecular weight is 476 g/mol. The van der Waals surface area contributed by atoms with Crippen molar-refractivity contribution >= 4 is 22.9 Å². The van der Waals surface area contributed by atoms with Gasteiger partial charge in [0.25, 0.3) is 0 Å². The number of alkyl carbamates (subject to hydrolysis) is 1. The molecule has 10 nitrogen and oxygen atoms in total. The predicted octanol–water partition coefficient (Wildman–Crippen LogP) is 2.91. The van der Waals surface area contributed by atoms with E-state index in [9.17, 15) is 9.59 Å². The molecule has 0 radical (unpaired) electrons. The Bertz CT molecular complexity index is 1320. The minimum atomic E-state index is -0.864. The zero-order valence-corrected chi connectivity index (χ0v) is 20.2. The first-order chi connectivity index (χ1) is 16.7. The lowest BCUT2D eigenvalue weighted by molar-refractivity contribution is -0.123. The van der Waals surface area contributed by atoms with Gasteiger partial charge in [0, 0.05) is 30.6 Å². The maximum absolute atomic E-state index is 13.3. The van der Waals surface area contributed by atoms with Gasteiger partial charge in [-0.2, -0.15) is 4.68 Å². The topological polar surface area (TPSA) is 116 Å². The molecule has 0 aliphatic rings. The van der Waals surface area contributed by atoms with Gasteiger partial charge in [-0.1, -0.05) is 36.4 Å². The first-order valence-electron chi connectivity index (χ1n) is 11.3. The highest BCUT2D eigenvalue weighted by Gasteiger charge is 2.26. The van der Waals surface area contributed by atoms with Gasteiger partial charge < -0.3 is 19.9 Å². The van der Waals surface area contributed by atoms with Crippen molar-refractivity contribution in [3.8, 4) is 5.69 Å². The Hall–Kier alpha value is -4.21. The molecule has 1 atom stereocenters. The molecule has 182 valence electrons. The van der Waals surface area contributed by atoms with E-state index in [1.165, 1.54) is 0 Å². The highest BCUT2D eigenvalue weighted by atomic mass is 16.6. The Balaban J connectivity index is 1.53. The van der Waals surface area contributed by atoms with E-state index in [0.29, 0.717) is 5.82 Å². The van der Waals surface area contributed by atoms with Crippen LogP contribution in [-0.2, 0) is 29.5 Å². The number of hydrogen-bond acceptors (Lipinski definition) is 6. The quantitative estimate of drug-likeness (QED) is 0.425. The lowest BCUT2D eigenvalue weighted by Crippen LogP contribution is -2.49. The van der Waals surface area contributed by atoms with E-state index in [0.717, 1.165) is 22.2 Å². The highest BCUT2D eigenvalue weighted by Crippen LogP contribution is 2.22. The number of aromatic nitrogens is 5. The summed E-state index contributed by atoms with van der Waals surface area (Å²) in [5.41, 5.74) is 2.07. The Morgan fingerprint density at radius 3 is 2.51 bits per heavy atom. The molecule has 0 fully saturated rings. The van der Waals surface area contributed by atoms with Crippen LogP contribution in [-0.4, -0.2) is 48.4 Å². The van der Waals surface area contributed by atoms with Crippen molar-refractivity contribution in [3.63, 3.8) is 0 Å². The smallest absolute Gasteiger partial charge is 0.408 e. The van der Waals surface area contributed by atoms with E-state index in [2.05, 4.69) is 26.2 Å². The Labute approximate surface area is 203 Å². The number of aryl methyl sites for hydroxylation is 1. The van der Waals surface area contributed by atoms with Crippen LogP contribution in [0.3, 0.4) is 0 Å². The van der Waals surface area contributed by atoms with E-state index in [1.54, 1.807) is 25.5 Å². The molecule has 0 aliphatic carbocycles. The molecular weight excluding hydrogens is 446 g/mol. The van der Waals surface area contributed by atoms with Gasteiger partial charge in [-0.25, -0.2) is 4.79 Å². The molecule has 0 saturated heterocycles. The van der Waals surface area contributed by atoms with Crippen molar-refractivity contribution in [1.82, 2.24) is 35.4 Å². The fourth-order valence-corrected chi connectivity index (χ4v) is 3.84. The Morgan fingerprint density at radius 1 is 1.06 bits per heavy atom. The summed E-state index contributed by atoms with van der Waals surface area (Å²) in [4.78, 5) is 25.8. The van der Waals surface area contributed by atoms with Gasteiger partial charge >= 0.3 is 6.09 Å². The van der Waals surface area contributed by atoms with Gasteiger partial charge in [0.15, 0.2) is 5.82 Å². The lowest BCUT2D eigenvalue weighted by atomic mass is 10.0. The molecule has 0 bridgehead atoms. The van der Waals surface area contributed by atoms with Crippen molar-refractivity contribution in [1.29, 1.82) is 0 Å². The van der Waals surface area contributed by atoms with Crippen LogP contribution in [0, 0.1) is 0 Å². The Morgan fingerprint density at radius 2 is 1.77 bits per heavy atom. The second-order valence-corrected chi connectivity index (χ2v) is 9.25. The number of hydrogen-bond donors (Lipinski definition) is 2. The first-order valence-corrected chi connectivity index (χ1v) is 11.3. The number of benzene rings is 2. The molecule has 2 N–H and O–H groups in total. The summed E-state index contributed by atoms with van der Waals surface area (Å²) in [6, 6.07) is 16.5.